The summed E-state index contributed by atoms with van der Waals surface area (Å²) in [5.41, 5.74) is -0.863. The van der Waals surface area contributed by atoms with E-state index in [1.54, 1.807) is 32.3 Å². The zero-order valence-corrected chi connectivity index (χ0v) is 56.6. The van der Waals surface area contributed by atoms with Gasteiger partial charge in [-0.05, 0) is 91.6 Å². The molecule has 26 nitrogen and oxygen atoms in total. The summed E-state index contributed by atoms with van der Waals surface area (Å²) in [6.45, 7) is 27.2. The number of epoxide rings is 3. The summed E-state index contributed by atoms with van der Waals surface area (Å²) in [5, 5.41) is 0. The summed E-state index contributed by atoms with van der Waals surface area (Å²) in [4.78, 5) is 119. The first-order valence-corrected chi connectivity index (χ1v) is 32.3. The average Bonchev–Trinajstić information content (AvgIpc) is 1.56. The minimum Gasteiger partial charge on any atom is -0.466 e. The van der Waals surface area contributed by atoms with Gasteiger partial charge in [0.25, 0.3) is 12.6 Å². The molecule has 14 atom stereocenters. The Morgan fingerprint density at radius 3 is 1.35 bits per heavy atom. The van der Waals surface area contributed by atoms with Crippen LogP contribution in [0.1, 0.15) is 155 Å². The first-order valence-electron chi connectivity index (χ1n) is 32.3. The minimum absolute atomic E-state index is 0.00258. The van der Waals surface area contributed by atoms with Gasteiger partial charge in [-0.3, -0.25) is 47.9 Å². The third-order valence-corrected chi connectivity index (χ3v) is 16.8. The number of hydrogen-bond donors (Lipinski definition) is 0. The molecular weight excluding hydrogens is 1230 g/mol. The maximum absolute atomic E-state index is 12.7. The molecule has 3 aliphatic carbocycles. The van der Waals surface area contributed by atoms with E-state index >= 15 is 0 Å². The van der Waals surface area contributed by atoms with Crippen LogP contribution in [0, 0.1) is 53.3 Å². The molecule has 9 aliphatic rings. The predicted molar refractivity (Wildman–Crippen MR) is 325 cm³/mol. The largest absolute Gasteiger partial charge is 0.466 e. The lowest BCUT2D eigenvalue weighted by Gasteiger charge is -2.33. The van der Waals surface area contributed by atoms with Crippen molar-refractivity contribution in [1.29, 1.82) is 0 Å². The highest BCUT2D eigenvalue weighted by atomic mass is 16.7. The van der Waals surface area contributed by atoms with Gasteiger partial charge in [0.15, 0.2) is 12.2 Å². The second kappa shape index (κ2) is 31.5. The van der Waals surface area contributed by atoms with E-state index in [-0.39, 0.29) is 129 Å². The second-order valence-corrected chi connectivity index (χ2v) is 27.7. The molecule has 1 saturated carbocycles. The van der Waals surface area contributed by atoms with Gasteiger partial charge in [-0.25, -0.2) is 0 Å². The first kappa shape index (κ1) is 74.1. The first-order chi connectivity index (χ1) is 44.2. The maximum Gasteiger partial charge on any atom is 0.310 e. The molecule has 0 aromatic carbocycles. The highest BCUT2D eigenvalue weighted by molar-refractivity contribution is 5.75. The van der Waals surface area contributed by atoms with Crippen molar-refractivity contribution < 1.29 is 124 Å². The van der Waals surface area contributed by atoms with Gasteiger partial charge in [-0.15, -0.1) is 0 Å². The number of allylic oxidation sites excluding steroid dienone is 1. The van der Waals surface area contributed by atoms with Gasteiger partial charge in [-0.1, -0.05) is 62.3 Å². The van der Waals surface area contributed by atoms with E-state index in [1.807, 2.05) is 68.4 Å². The smallest absolute Gasteiger partial charge is 0.310 e. The van der Waals surface area contributed by atoms with E-state index in [9.17, 15) is 47.9 Å². The van der Waals surface area contributed by atoms with Crippen LogP contribution in [-0.4, -0.2) is 159 Å². The Labute approximate surface area is 548 Å². The number of esters is 10. The Balaban J connectivity index is 0.000000200. The van der Waals surface area contributed by atoms with Crippen LogP contribution >= 0.6 is 0 Å². The number of carbonyl (C=O) groups is 10. The molecule has 0 bridgehead atoms. The Morgan fingerprint density at radius 2 is 0.926 bits per heavy atom. The molecule has 4 fully saturated rings. The van der Waals surface area contributed by atoms with Gasteiger partial charge in [0, 0.05) is 70.9 Å². The van der Waals surface area contributed by atoms with Crippen molar-refractivity contribution >= 4 is 59.7 Å². The number of hydrogen-bond acceptors (Lipinski definition) is 26. The lowest BCUT2D eigenvalue weighted by molar-refractivity contribution is -0.191. The fraction of sp³-hybridized carbons (Fsp3) is 0.706. The number of carbonyl (C=O) groups excluding carboxylic acids is 10. The molecule has 6 heterocycles. The normalized spacial score (nSPS) is 29.4. The lowest BCUT2D eigenvalue weighted by atomic mass is 9.85. The maximum atomic E-state index is 12.7. The van der Waals surface area contributed by atoms with Crippen LogP contribution in [-0.2, 0) is 124 Å². The molecule has 522 valence electrons. The van der Waals surface area contributed by atoms with Crippen LogP contribution in [0.3, 0.4) is 0 Å². The molecule has 3 saturated heterocycles. The van der Waals surface area contributed by atoms with E-state index in [2.05, 4.69) is 0 Å². The van der Waals surface area contributed by atoms with Gasteiger partial charge in [0.2, 0.25) is 6.29 Å². The molecule has 94 heavy (non-hydrogen) atoms. The van der Waals surface area contributed by atoms with Crippen molar-refractivity contribution in [2.24, 2.45) is 53.3 Å². The van der Waals surface area contributed by atoms with Crippen molar-refractivity contribution in [3.05, 3.63) is 59.3 Å². The molecule has 0 amide bonds. The summed E-state index contributed by atoms with van der Waals surface area (Å²) >= 11 is 0. The van der Waals surface area contributed by atoms with Crippen molar-refractivity contribution in [1.82, 2.24) is 0 Å². The standard InChI is InChI=1S/C24H32O10.C22H30O8.C22H32O8/c1-13(2)7-19(27)33-22-21-17(16(11-30-22)10-29-14(3)25)8-18(24(21)12-31-24)32-20(28)9-23(5,6)34-15(4)26;1-12(2)6-18(24)29-17-8-16-15(9-26-14(5)23)10-27-21(20(16)22(17)11-28-22)30-19(25)7-13(3)4;1-13(2)9-18(24)26-7-5-14(3)10-19(25)30-21-20-16(6-8-27-21)11-17(29-15(4)23)22(20)12-28-22/h8,11,13,18,21-22H,7,9-10,12H2,1-6H3;8,10,12-13,17,20-21H,6-7,9,11H2,1-5H3;6,8,13-14,16-17,20-21H,5,7,9-12H2,1-4H3/t18-,21+,22-,24?;17-,20+,21-,22?;14?,16-,17+,20-,21+,22?/m001/s1. The van der Waals surface area contributed by atoms with Crippen LogP contribution in [0.25, 0.3) is 0 Å². The zero-order valence-electron chi connectivity index (χ0n) is 56.6. The second-order valence-electron chi connectivity index (χ2n) is 27.7. The molecule has 0 aromatic rings. The molecule has 3 spiro atoms. The number of ether oxygens (including phenoxy) is 16. The SMILES string of the molecule is CC(=O)OCC1=CO[C@@H](OC(=O)CC(C)C)[C@H]2C1=C[C@H](OC(=O)CC(C)(C)OC(C)=O)C21CO1.CC(=O)OCC1=CO[C@@H](OC(=O)CC(C)C)[C@H]2C1=C[C@H](OC(=O)CC(C)C)C21CO1.CC(=O)O[C@H]1C[C@H]2C=CO[C@@H](OC(=O)CC(C)CCOC(=O)CC(C)C)[C@@H]2C12CO2. The van der Waals surface area contributed by atoms with Gasteiger partial charge >= 0.3 is 59.7 Å². The zero-order chi connectivity index (χ0) is 69.2. The van der Waals surface area contributed by atoms with Gasteiger partial charge < -0.3 is 75.8 Å². The van der Waals surface area contributed by atoms with E-state index < -0.39 is 95.2 Å². The third-order valence-electron chi connectivity index (χ3n) is 16.8. The summed E-state index contributed by atoms with van der Waals surface area (Å²) in [7, 11) is 0. The van der Waals surface area contributed by atoms with E-state index in [4.69, 9.17) is 75.8 Å². The molecule has 26 heteroatoms. The van der Waals surface area contributed by atoms with E-state index in [1.165, 1.54) is 40.2 Å². The van der Waals surface area contributed by atoms with Gasteiger partial charge in [-0.2, -0.15) is 0 Å². The molecule has 0 N–H and O–H groups in total. The summed E-state index contributed by atoms with van der Waals surface area (Å²) in [6.07, 6.45) is 7.77. The van der Waals surface area contributed by atoms with Crippen LogP contribution < -0.4 is 0 Å². The average molecular weight is 1330 g/mol. The van der Waals surface area contributed by atoms with Crippen molar-refractivity contribution in [3.8, 4) is 0 Å². The van der Waals surface area contributed by atoms with Crippen molar-refractivity contribution in [2.75, 3.05) is 39.6 Å². The predicted octanol–water partition coefficient (Wildman–Crippen LogP) is 7.75. The fourth-order valence-corrected chi connectivity index (χ4v) is 12.4. The van der Waals surface area contributed by atoms with E-state index in [0.29, 0.717) is 55.6 Å². The Morgan fingerprint density at radius 1 is 0.500 bits per heavy atom. The van der Waals surface area contributed by atoms with Gasteiger partial charge in [0.1, 0.15) is 41.7 Å². The van der Waals surface area contributed by atoms with Crippen LogP contribution in [0.4, 0.5) is 0 Å². The molecular formula is C68H94O26. The molecule has 6 aliphatic heterocycles. The highest BCUT2D eigenvalue weighted by Crippen LogP contribution is 2.58. The third kappa shape index (κ3) is 19.7. The minimum atomic E-state index is -1.04. The molecule has 0 radical (unpaired) electrons. The number of rotatable bonds is 26. The van der Waals surface area contributed by atoms with Crippen molar-refractivity contribution in [3.63, 3.8) is 0 Å². The highest BCUT2D eigenvalue weighted by Gasteiger charge is 2.71. The molecule has 0 aromatic heterocycles. The van der Waals surface area contributed by atoms with Crippen molar-refractivity contribution in [2.45, 2.75) is 215 Å². The molecule has 9 rings (SSSR count). The number of fused-ring (bicyclic) bond motifs is 6. The monoisotopic (exact) mass is 1330 g/mol. The molecule has 4 unspecified atom stereocenters. The Hall–Kier alpha value is -7.32. The Bertz CT molecular complexity index is 2970. The topological polar surface area (TPSA) is 328 Å². The van der Waals surface area contributed by atoms with E-state index in [0.717, 1.165) is 5.57 Å². The summed E-state index contributed by atoms with van der Waals surface area (Å²) in [6, 6.07) is 0. The lowest BCUT2D eigenvalue weighted by Crippen LogP contribution is -2.45. The summed E-state index contributed by atoms with van der Waals surface area (Å²) in [5.74, 6) is -4.55. The van der Waals surface area contributed by atoms with Crippen LogP contribution in [0.5, 0.6) is 0 Å². The Kier molecular flexibility index (Phi) is 24.8. The van der Waals surface area contributed by atoms with Gasteiger partial charge in [0.05, 0.1) is 69.4 Å². The van der Waals surface area contributed by atoms with Crippen LogP contribution in [0.2, 0.25) is 0 Å². The van der Waals surface area contributed by atoms with Crippen LogP contribution in [0.15, 0.2) is 59.3 Å². The quantitative estimate of drug-likeness (QED) is 0.0453. The fourth-order valence-electron chi connectivity index (χ4n) is 12.4. The summed E-state index contributed by atoms with van der Waals surface area (Å²) < 4.78 is 88.7.